The van der Waals surface area contributed by atoms with Gasteiger partial charge in [-0.05, 0) is 30.3 Å². The van der Waals surface area contributed by atoms with Crippen molar-refractivity contribution in [1.29, 1.82) is 0 Å². The summed E-state index contributed by atoms with van der Waals surface area (Å²) in [5.41, 5.74) is 0.827. The standard InChI is InChI=1S/C19H14N4O6S/c1-30(27,28)12-6-4-5-11(9-12)16-21-22-19(29-16)20-15(24)10-23-17(25)13-7-2-3-8-14(13)18(23)26/h2-9H,10H2,1H3,(H,20,22,24). The van der Waals surface area contributed by atoms with Gasteiger partial charge in [0.1, 0.15) is 6.54 Å². The third-order valence-electron chi connectivity index (χ3n) is 4.36. The summed E-state index contributed by atoms with van der Waals surface area (Å²) in [6.45, 7) is -0.520. The minimum absolute atomic E-state index is 0.00321. The predicted molar refractivity (Wildman–Crippen MR) is 103 cm³/mol. The molecule has 11 heteroatoms. The maximum absolute atomic E-state index is 12.3. The highest BCUT2D eigenvalue weighted by molar-refractivity contribution is 7.90. The Morgan fingerprint density at radius 3 is 2.33 bits per heavy atom. The first-order valence-corrected chi connectivity index (χ1v) is 10.5. The number of aromatic nitrogens is 2. The third kappa shape index (κ3) is 3.57. The normalized spacial score (nSPS) is 13.4. The smallest absolute Gasteiger partial charge is 0.322 e. The molecule has 3 amide bonds. The van der Waals surface area contributed by atoms with Crippen molar-refractivity contribution >= 4 is 33.6 Å². The van der Waals surface area contributed by atoms with Crippen LogP contribution in [0.2, 0.25) is 0 Å². The average Bonchev–Trinajstić information content (AvgIpc) is 3.27. The van der Waals surface area contributed by atoms with E-state index in [-0.39, 0.29) is 27.9 Å². The molecule has 2 aromatic carbocycles. The van der Waals surface area contributed by atoms with Crippen LogP contribution in [0.5, 0.6) is 0 Å². The van der Waals surface area contributed by atoms with Gasteiger partial charge in [0, 0.05) is 11.8 Å². The van der Waals surface area contributed by atoms with Crippen LogP contribution in [-0.2, 0) is 14.6 Å². The van der Waals surface area contributed by atoms with Crippen molar-refractivity contribution in [2.24, 2.45) is 0 Å². The lowest BCUT2D eigenvalue weighted by molar-refractivity contribution is -0.116. The number of carbonyl (C=O) groups excluding carboxylic acids is 3. The van der Waals surface area contributed by atoms with Gasteiger partial charge in [-0.15, -0.1) is 5.10 Å². The van der Waals surface area contributed by atoms with E-state index in [0.29, 0.717) is 5.56 Å². The van der Waals surface area contributed by atoms with Gasteiger partial charge >= 0.3 is 6.01 Å². The van der Waals surface area contributed by atoms with Crippen molar-refractivity contribution in [2.75, 3.05) is 18.1 Å². The number of sulfone groups is 1. The molecule has 0 spiro atoms. The van der Waals surface area contributed by atoms with Gasteiger partial charge in [0.2, 0.25) is 11.8 Å². The molecule has 0 aliphatic carbocycles. The number of benzene rings is 2. The second-order valence-corrected chi connectivity index (χ2v) is 8.52. The van der Waals surface area contributed by atoms with Crippen molar-refractivity contribution in [3.05, 3.63) is 59.7 Å². The fourth-order valence-corrected chi connectivity index (χ4v) is 3.60. The molecule has 30 heavy (non-hydrogen) atoms. The number of anilines is 1. The van der Waals surface area contributed by atoms with Gasteiger partial charge in [0.15, 0.2) is 9.84 Å². The van der Waals surface area contributed by atoms with Gasteiger partial charge in [-0.1, -0.05) is 23.3 Å². The number of nitrogens with zero attached hydrogens (tertiary/aromatic N) is 3. The monoisotopic (exact) mass is 426 g/mol. The van der Waals surface area contributed by atoms with Crippen molar-refractivity contribution in [3.63, 3.8) is 0 Å². The number of carbonyl (C=O) groups is 3. The lowest BCUT2D eigenvalue weighted by Gasteiger charge is -2.12. The SMILES string of the molecule is CS(=O)(=O)c1cccc(-c2nnc(NC(=O)CN3C(=O)c4ccccc4C3=O)o2)c1. The molecular weight excluding hydrogens is 412 g/mol. The summed E-state index contributed by atoms with van der Waals surface area (Å²) in [6, 6.07) is 11.9. The van der Waals surface area contributed by atoms with E-state index in [4.69, 9.17) is 4.42 Å². The molecule has 10 nitrogen and oxygen atoms in total. The highest BCUT2D eigenvalue weighted by atomic mass is 32.2. The van der Waals surface area contributed by atoms with Crippen molar-refractivity contribution in [1.82, 2.24) is 15.1 Å². The van der Waals surface area contributed by atoms with E-state index >= 15 is 0 Å². The number of nitrogens with one attached hydrogen (secondary N) is 1. The lowest BCUT2D eigenvalue weighted by Crippen LogP contribution is -2.37. The number of hydrogen-bond acceptors (Lipinski definition) is 8. The average molecular weight is 426 g/mol. The van der Waals surface area contributed by atoms with Crippen LogP contribution in [-0.4, -0.2) is 54.0 Å². The van der Waals surface area contributed by atoms with Crippen LogP contribution in [0, 0.1) is 0 Å². The fourth-order valence-electron chi connectivity index (χ4n) is 2.94. The summed E-state index contributed by atoms with van der Waals surface area (Å²) in [5, 5.41) is 9.80. The zero-order chi connectivity index (χ0) is 21.5. The summed E-state index contributed by atoms with van der Waals surface area (Å²) >= 11 is 0. The maximum atomic E-state index is 12.3. The molecule has 0 saturated carbocycles. The van der Waals surface area contributed by atoms with Crippen LogP contribution < -0.4 is 5.32 Å². The molecule has 1 aromatic heterocycles. The first kappa shape index (κ1) is 19.5. The van der Waals surface area contributed by atoms with Crippen LogP contribution in [0.4, 0.5) is 6.01 Å². The Bertz CT molecular complexity index is 1260. The Kier molecular flexibility index (Phi) is 4.66. The van der Waals surface area contributed by atoms with Crippen molar-refractivity contribution in [2.45, 2.75) is 4.90 Å². The Morgan fingerprint density at radius 2 is 1.70 bits per heavy atom. The largest absolute Gasteiger partial charge is 0.403 e. The van der Waals surface area contributed by atoms with Crippen LogP contribution >= 0.6 is 0 Å². The Labute approximate surface area is 170 Å². The molecule has 0 atom stereocenters. The predicted octanol–water partition coefficient (Wildman–Crippen LogP) is 1.37. The summed E-state index contributed by atoms with van der Waals surface area (Å²) in [6.07, 6.45) is 1.07. The molecule has 0 unspecified atom stereocenters. The summed E-state index contributed by atoms with van der Waals surface area (Å²) in [5.74, 6) is -1.83. The minimum atomic E-state index is -3.42. The molecular formula is C19H14N4O6S. The lowest BCUT2D eigenvalue weighted by atomic mass is 10.1. The fraction of sp³-hybridized carbons (Fsp3) is 0.105. The third-order valence-corrected chi connectivity index (χ3v) is 5.47. The van der Waals surface area contributed by atoms with Crippen molar-refractivity contribution in [3.8, 4) is 11.5 Å². The van der Waals surface area contributed by atoms with E-state index in [1.165, 1.54) is 30.3 Å². The molecule has 0 fully saturated rings. The molecule has 0 saturated heterocycles. The molecule has 1 aliphatic heterocycles. The number of amides is 3. The zero-order valence-electron chi connectivity index (χ0n) is 15.5. The number of rotatable bonds is 5. The highest BCUT2D eigenvalue weighted by Gasteiger charge is 2.36. The van der Waals surface area contributed by atoms with E-state index in [1.807, 2.05) is 0 Å². The van der Waals surface area contributed by atoms with Crippen LogP contribution in [0.25, 0.3) is 11.5 Å². The molecule has 2 heterocycles. The Hall–Kier alpha value is -3.86. The maximum Gasteiger partial charge on any atom is 0.322 e. The second-order valence-electron chi connectivity index (χ2n) is 6.50. The molecule has 3 aromatic rings. The Balaban J connectivity index is 1.47. The van der Waals surface area contributed by atoms with E-state index in [2.05, 4.69) is 15.5 Å². The number of imide groups is 1. The molecule has 4 rings (SSSR count). The molecule has 1 aliphatic rings. The van der Waals surface area contributed by atoms with Gasteiger partial charge < -0.3 is 4.42 Å². The quantitative estimate of drug-likeness (QED) is 0.604. The van der Waals surface area contributed by atoms with E-state index < -0.39 is 34.1 Å². The molecule has 1 N–H and O–H groups in total. The number of fused-ring (bicyclic) bond motifs is 1. The van der Waals surface area contributed by atoms with E-state index in [1.54, 1.807) is 18.2 Å². The van der Waals surface area contributed by atoms with Crippen LogP contribution in [0.15, 0.2) is 57.8 Å². The van der Waals surface area contributed by atoms with Crippen LogP contribution in [0.1, 0.15) is 20.7 Å². The Morgan fingerprint density at radius 1 is 1.03 bits per heavy atom. The van der Waals surface area contributed by atoms with Gasteiger partial charge in [0.05, 0.1) is 16.0 Å². The van der Waals surface area contributed by atoms with Gasteiger partial charge in [-0.3, -0.25) is 24.6 Å². The molecule has 0 bridgehead atoms. The zero-order valence-corrected chi connectivity index (χ0v) is 16.3. The summed E-state index contributed by atoms with van der Waals surface area (Å²) < 4.78 is 28.7. The van der Waals surface area contributed by atoms with Gasteiger partial charge in [-0.25, -0.2) is 8.42 Å². The molecule has 0 radical (unpaired) electrons. The summed E-state index contributed by atoms with van der Waals surface area (Å²) in [4.78, 5) is 37.8. The van der Waals surface area contributed by atoms with E-state index in [9.17, 15) is 22.8 Å². The van der Waals surface area contributed by atoms with Crippen LogP contribution in [0.3, 0.4) is 0 Å². The van der Waals surface area contributed by atoms with Gasteiger partial charge in [0.25, 0.3) is 11.8 Å². The first-order valence-electron chi connectivity index (χ1n) is 8.63. The first-order chi connectivity index (χ1) is 14.2. The van der Waals surface area contributed by atoms with Crippen molar-refractivity contribution < 1.29 is 27.2 Å². The second kappa shape index (κ2) is 7.19. The van der Waals surface area contributed by atoms with E-state index in [0.717, 1.165) is 11.2 Å². The summed E-state index contributed by atoms with van der Waals surface area (Å²) in [7, 11) is -3.42. The highest BCUT2D eigenvalue weighted by Crippen LogP contribution is 2.24. The molecule has 152 valence electrons. The minimum Gasteiger partial charge on any atom is -0.403 e. The van der Waals surface area contributed by atoms with Gasteiger partial charge in [-0.2, -0.15) is 0 Å². The topological polar surface area (TPSA) is 140 Å². The number of hydrogen-bond donors (Lipinski definition) is 1.